The molecule has 2 amide bonds. The summed E-state index contributed by atoms with van der Waals surface area (Å²) in [6, 6.07) is 13.1. The zero-order valence-corrected chi connectivity index (χ0v) is 15.9. The van der Waals surface area contributed by atoms with E-state index in [2.05, 4.69) is 17.6 Å². The maximum absolute atomic E-state index is 12.4. The predicted octanol–water partition coefficient (Wildman–Crippen LogP) is 3.84. The second-order valence-corrected chi connectivity index (χ2v) is 6.26. The lowest BCUT2D eigenvalue weighted by Gasteiger charge is -2.19. The maximum atomic E-state index is 12.4. The SMILES string of the molecule is CCN(CC)C(=O)c1cccc(NC(=O)CNc2ccc(C)c(C)c2)c1. The Kier molecular flexibility index (Phi) is 6.78. The first-order valence-electron chi connectivity index (χ1n) is 8.95. The lowest BCUT2D eigenvalue weighted by molar-refractivity contribution is -0.114. The summed E-state index contributed by atoms with van der Waals surface area (Å²) in [6.45, 7) is 9.47. The summed E-state index contributed by atoms with van der Waals surface area (Å²) in [5.74, 6) is -0.185. The van der Waals surface area contributed by atoms with Crippen LogP contribution in [-0.4, -0.2) is 36.3 Å². The number of aryl methyl sites for hydroxylation is 2. The smallest absolute Gasteiger partial charge is 0.253 e. The molecule has 2 rings (SSSR count). The highest BCUT2D eigenvalue weighted by Gasteiger charge is 2.13. The minimum atomic E-state index is -0.157. The van der Waals surface area contributed by atoms with Crippen molar-refractivity contribution < 1.29 is 9.59 Å². The van der Waals surface area contributed by atoms with Gasteiger partial charge in [-0.05, 0) is 69.2 Å². The van der Waals surface area contributed by atoms with E-state index in [0.717, 1.165) is 5.69 Å². The van der Waals surface area contributed by atoms with Gasteiger partial charge in [-0.2, -0.15) is 0 Å². The Morgan fingerprint density at radius 3 is 2.31 bits per heavy atom. The van der Waals surface area contributed by atoms with Crippen molar-refractivity contribution in [3.63, 3.8) is 0 Å². The molecule has 0 saturated heterocycles. The molecule has 0 fully saturated rings. The van der Waals surface area contributed by atoms with Crippen molar-refractivity contribution in [2.75, 3.05) is 30.3 Å². The van der Waals surface area contributed by atoms with E-state index in [4.69, 9.17) is 0 Å². The van der Waals surface area contributed by atoms with Crippen molar-refractivity contribution in [1.29, 1.82) is 0 Å². The van der Waals surface area contributed by atoms with Gasteiger partial charge in [-0.25, -0.2) is 0 Å². The van der Waals surface area contributed by atoms with Crippen LogP contribution in [-0.2, 0) is 4.79 Å². The summed E-state index contributed by atoms with van der Waals surface area (Å²) in [5.41, 5.74) is 4.50. The summed E-state index contributed by atoms with van der Waals surface area (Å²) >= 11 is 0. The standard InChI is InChI=1S/C21H27N3O2/c1-5-24(6-2)21(26)17-8-7-9-19(13-17)23-20(25)14-22-18-11-10-15(3)16(4)12-18/h7-13,22H,5-6,14H2,1-4H3,(H,23,25). The number of anilines is 2. The Morgan fingerprint density at radius 1 is 0.923 bits per heavy atom. The Bertz CT molecular complexity index is 783. The number of nitrogens with zero attached hydrogens (tertiary/aromatic N) is 1. The van der Waals surface area contributed by atoms with Gasteiger partial charge in [-0.3, -0.25) is 9.59 Å². The number of amides is 2. The van der Waals surface area contributed by atoms with E-state index in [1.165, 1.54) is 11.1 Å². The fraction of sp³-hybridized carbons (Fsp3) is 0.333. The van der Waals surface area contributed by atoms with E-state index >= 15 is 0 Å². The molecule has 0 unspecified atom stereocenters. The Morgan fingerprint density at radius 2 is 1.65 bits per heavy atom. The molecule has 5 nitrogen and oxygen atoms in total. The van der Waals surface area contributed by atoms with Crippen LogP contribution in [0.5, 0.6) is 0 Å². The molecule has 2 N–H and O–H groups in total. The highest BCUT2D eigenvalue weighted by atomic mass is 16.2. The van der Waals surface area contributed by atoms with Crippen LogP contribution in [0.2, 0.25) is 0 Å². The molecule has 0 heterocycles. The molecule has 0 atom stereocenters. The first kappa shape index (κ1) is 19.5. The van der Waals surface area contributed by atoms with Crippen molar-refractivity contribution in [2.45, 2.75) is 27.7 Å². The van der Waals surface area contributed by atoms with E-state index in [0.29, 0.717) is 24.3 Å². The predicted molar refractivity (Wildman–Crippen MR) is 107 cm³/mol. The summed E-state index contributed by atoms with van der Waals surface area (Å²) in [7, 11) is 0. The second-order valence-electron chi connectivity index (χ2n) is 6.26. The molecular formula is C21H27N3O2. The number of carbonyl (C=O) groups excluding carboxylic acids is 2. The summed E-state index contributed by atoms with van der Waals surface area (Å²) in [6.07, 6.45) is 0. The van der Waals surface area contributed by atoms with E-state index in [1.54, 1.807) is 29.2 Å². The third kappa shape index (κ3) is 5.09. The molecule has 2 aromatic carbocycles. The average Bonchev–Trinajstić information content (AvgIpc) is 2.64. The molecule has 2 aromatic rings. The highest BCUT2D eigenvalue weighted by molar-refractivity contribution is 5.98. The topological polar surface area (TPSA) is 61.4 Å². The molecule has 0 aliphatic carbocycles. The third-order valence-electron chi connectivity index (χ3n) is 4.40. The summed E-state index contributed by atoms with van der Waals surface area (Å²) in [5, 5.41) is 5.96. The van der Waals surface area contributed by atoms with Gasteiger partial charge in [0.1, 0.15) is 0 Å². The van der Waals surface area contributed by atoms with Gasteiger partial charge in [-0.15, -0.1) is 0 Å². The minimum absolute atomic E-state index is 0.0284. The largest absolute Gasteiger partial charge is 0.376 e. The number of nitrogens with one attached hydrogen (secondary N) is 2. The molecule has 0 aliphatic heterocycles. The zero-order valence-electron chi connectivity index (χ0n) is 15.9. The number of hydrogen-bond donors (Lipinski definition) is 2. The zero-order chi connectivity index (χ0) is 19.1. The number of benzene rings is 2. The van der Waals surface area contributed by atoms with Crippen LogP contribution in [0.15, 0.2) is 42.5 Å². The van der Waals surface area contributed by atoms with E-state index in [9.17, 15) is 9.59 Å². The number of carbonyl (C=O) groups is 2. The van der Waals surface area contributed by atoms with Gasteiger partial charge in [0.2, 0.25) is 5.91 Å². The Hall–Kier alpha value is -2.82. The quantitative estimate of drug-likeness (QED) is 0.795. The van der Waals surface area contributed by atoms with E-state index in [1.807, 2.05) is 39.0 Å². The van der Waals surface area contributed by atoms with Gasteiger partial charge in [0.25, 0.3) is 5.91 Å². The van der Waals surface area contributed by atoms with Crippen molar-refractivity contribution in [3.05, 3.63) is 59.2 Å². The van der Waals surface area contributed by atoms with Crippen LogP contribution in [0.1, 0.15) is 35.3 Å². The molecule has 0 radical (unpaired) electrons. The lowest BCUT2D eigenvalue weighted by Crippen LogP contribution is -2.30. The van der Waals surface area contributed by atoms with Gasteiger partial charge >= 0.3 is 0 Å². The number of hydrogen-bond acceptors (Lipinski definition) is 3. The van der Waals surface area contributed by atoms with Crippen LogP contribution in [0.3, 0.4) is 0 Å². The molecule has 0 saturated carbocycles. The molecule has 138 valence electrons. The highest BCUT2D eigenvalue weighted by Crippen LogP contribution is 2.15. The molecule has 5 heteroatoms. The minimum Gasteiger partial charge on any atom is -0.376 e. The van der Waals surface area contributed by atoms with Gasteiger partial charge in [0.05, 0.1) is 6.54 Å². The van der Waals surface area contributed by atoms with Gasteiger partial charge in [-0.1, -0.05) is 12.1 Å². The van der Waals surface area contributed by atoms with Gasteiger partial charge in [0, 0.05) is 30.0 Å². The van der Waals surface area contributed by atoms with Crippen LogP contribution < -0.4 is 10.6 Å². The molecule has 0 aromatic heterocycles. The molecule has 0 spiro atoms. The second kappa shape index (κ2) is 9.04. The molecule has 0 bridgehead atoms. The van der Waals surface area contributed by atoms with Crippen LogP contribution in [0.25, 0.3) is 0 Å². The van der Waals surface area contributed by atoms with E-state index < -0.39 is 0 Å². The van der Waals surface area contributed by atoms with Crippen molar-refractivity contribution in [1.82, 2.24) is 4.90 Å². The summed E-state index contributed by atoms with van der Waals surface area (Å²) < 4.78 is 0. The fourth-order valence-corrected chi connectivity index (χ4v) is 2.66. The lowest BCUT2D eigenvalue weighted by atomic mass is 10.1. The van der Waals surface area contributed by atoms with E-state index in [-0.39, 0.29) is 18.4 Å². The maximum Gasteiger partial charge on any atom is 0.253 e. The molecular weight excluding hydrogens is 326 g/mol. The number of rotatable bonds is 7. The van der Waals surface area contributed by atoms with Crippen LogP contribution in [0, 0.1) is 13.8 Å². The summed E-state index contributed by atoms with van der Waals surface area (Å²) in [4.78, 5) is 26.4. The fourth-order valence-electron chi connectivity index (χ4n) is 2.66. The van der Waals surface area contributed by atoms with Crippen molar-refractivity contribution in [3.8, 4) is 0 Å². The Labute approximate surface area is 155 Å². The molecule has 0 aliphatic rings. The first-order chi connectivity index (χ1) is 12.4. The average molecular weight is 353 g/mol. The van der Waals surface area contributed by atoms with Gasteiger partial charge < -0.3 is 15.5 Å². The normalized spacial score (nSPS) is 10.3. The third-order valence-corrected chi connectivity index (χ3v) is 4.40. The van der Waals surface area contributed by atoms with Crippen molar-refractivity contribution >= 4 is 23.2 Å². The van der Waals surface area contributed by atoms with Gasteiger partial charge in [0.15, 0.2) is 0 Å². The van der Waals surface area contributed by atoms with Crippen molar-refractivity contribution in [2.24, 2.45) is 0 Å². The van der Waals surface area contributed by atoms with Crippen LogP contribution >= 0.6 is 0 Å². The monoisotopic (exact) mass is 353 g/mol. The molecule has 26 heavy (non-hydrogen) atoms. The van der Waals surface area contributed by atoms with Crippen LogP contribution in [0.4, 0.5) is 11.4 Å². The first-order valence-corrected chi connectivity index (χ1v) is 8.95. The Balaban J connectivity index is 1.97.